The number of nitrogens with one attached hydrogen (secondary N) is 2. The first kappa shape index (κ1) is 15.6. The molecule has 0 saturated heterocycles. The topological polar surface area (TPSA) is 44.9 Å². The maximum absolute atomic E-state index is 12.3. The summed E-state index contributed by atoms with van der Waals surface area (Å²) in [5.41, 5.74) is 7.13. The molecular formula is C17H16Br2N2O. The molecule has 0 unspecified atom stereocenters. The van der Waals surface area contributed by atoms with Crippen LogP contribution < -0.4 is 5.32 Å². The monoisotopic (exact) mass is 422 g/mol. The third kappa shape index (κ3) is 2.46. The van der Waals surface area contributed by atoms with E-state index in [4.69, 9.17) is 0 Å². The average molecular weight is 424 g/mol. The summed E-state index contributed by atoms with van der Waals surface area (Å²) in [5.74, 6) is -0.0708. The summed E-state index contributed by atoms with van der Waals surface area (Å²) in [7, 11) is 0. The third-order valence-electron chi connectivity index (χ3n) is 4.10. The molecule has 3 nitrogen and oxygen atoms in total. The molecule has 1 aliphatic heterocycles. The van der Waals surface area contributed by atoms with Crippen LogP contribution in [0.5, 0.6) is 0 Å². The highest BCUT2D eigenvalue weighted by molar-refractivity contribution is 9.11. The Bertz CT molecular complexity index is 819. The molecule has 2 heterocycles. The average Bonchev–Trinajstić information content (AvgIpc) is 2.89. The molecule has 114 valence electrons. The summed E-state index contributed by atoms with van der Waals surface area (Å²) in [5, 5.41) is 2.93. The fourth-order valence-electron chi connectivity index (χ4n) is 2.99. The van der Waals surface area contributed by atoms with Gasteiger partial charge in [-0.15, -0.1) is 0 Å². The Kier molecular flexibility index (Phi) is 4.03. The van der Waals surface area contributed by atoms with Gasteiger partial charge in [0.2, 0.25) is 0 Å². The van der Waals surface area contributed by atoms with E-state index in [2.05, 4.69) is 62.9 Å². The van der Waals surface area contributed by atoms with Crippen molar-refractivity contribution in [1.29, 1.82) is 0 Å². The number of rotatable bonds is 2. The van der Waals surface area contributed by atoms with E-state index in [1.165, 1.54) is 16.8 Å². The third-order valence-corrected chi connectivity index (χ3v) is 5.19. The lowest BCUT2D eigenvalue weighted by molar-refractivity contribution is -0.110. The summed E-state index contributed by atoms with van der Waals surface area (Å²) in [6.07, 6.45) is 2.93. The van der Waals surface area contributed by atoms with Gasteiger partial charge in [-0.1, -0.05) is 22.9 Å². The fraction of sp³-hybridized carbons (Fsp3) is 0.235. The van der Waals surface area contributed by atoms with Gasteiger partial charge < -0.3 is 10.3 Å². The number of anilines is 1. The largest absolute Gasteiger partial charge is 0.359 e. The minimum atomic E-state index is -0.0708. The summed E-state index contributed by atoms with van der Waals surface area (Å²) in [4.78, 5) is 15.7. The molecule has 1 amide bonds. The standard InChI is InChI=1S/C17H16Br2N2O/c1-4-11-8(2)15(20-9(11)3)7-13-12-5-10(18)6-14(19)16(12)21-17(13)22/h5-7,20H,4H2,1-3H3,(H,21,22). The van der Waals surface area contributed by atoms with Crippen LogP contribution in [0, 0.1) is 13.8 Å². The molecule has 0 radical (unpaired) electrons. The lowest BCUT2D eigenvalue weighted by atomic mass is 10.0. The molecule has 5 heteroatoms. The number of aromatic amines is 1. The maximum Gasteiger partial charge on any atom is 0.256 e. The molecular weight excluding hydrogens is 408 g/mol. The van der Waals surface area contributed by atoms with Crippen LogP contribution in [0.1, 0.15) is 35.0 Å². The van der Waals surface area contributed by atoms with Crippen LogP contribution in [0.4, 0.5) is 5.69 Å². The lowest BCUT2D eigenvalue weighted by Crippen LogP contribution is -2.04. The predicted molar refractivity (Wildman–Crippen MR) is 98.0 cm³/mol. The van der Waals surface area contributed by atoms with Crippen molar-refractivity contribution in [3.63, 3.8) is 0 Å². The summed E-state index contributed by atoms with van der Waals surface area (Å²) in [6.45, 7) is 6.31. The van der Waals surface area contributed by atoms with Gasteiger partial charge in [0.1, 0.15) is 0 Å². The lowest BCUT2D eigenvalue weighted by Gasteiger charge is -2.03. The highest BCUT2D eigenvalue weighted by Crippen LogP contribution is 2.40. The Balaban J connectivity index is 2.16. The highest BCUT2D eigenvalue weighted by atomic mass is 79.9. The molecule has 1 aromatic carbocycles. The van der Waals surface area contributed by atoms with Crippen molar-refractivity contribution in [1.82, 2.24) is 4.98 Å². The van der Waals surface area contributed by atoms with Crippen molar-refractivity contribution in [3.8, 4) is 0 Å². The molecule has 2 N–H and O–H groups in total. The minimum absolute atomic E-state index is 0.0708. The normalized spacial score (nSPS) is 15.3. The van der Waals surface area contributed by atoms with Gasteiger partial charge in [0.15, 0.2) is 0 Å². The van der Waals surface area contributed by atoms with Crippen molar-refractivity contribution in [3.05, 3.63) is 49.2 Å². The predicted octanol–water partition coefficient (Wildman–Crippen LogP) is 5.21. The number of carbonyl (C=O) groups excluding carboxylic acids is 1. The number of halogens is 2. The first-order valence-electron chi connectivity index (χ1n) is 7.12. The number of benzene rings is 1. The van der Waals surface area contributed by atoms with Gasteiger partial charge in [-0.05, 0) is 65.5 Å². The van der Waals surface area contributed by atoms with Gasteiger partial charge >= 0.3 is 0 Å². The number of aromatic nitrogens is 1. The molecule has 1 aromatic heterocycles. The molecule has 3 rings (SSSR count). The van der Waals surface area contributed by atoms with Gasteiger partial charge in [-0.3, -0.25) is 4.79 Å². The molecule has 22 heavy (non-hydrogen) atoms. The van der Waals surface area contributed by atoms with Crippen molar-refractivity contribution in [2.75, 3.05) is 5.32 Å². The second-order valence-corrected chi connectivity index (χ2v) is 7.21. The first-order chi connectivity index (χ1) is 10.4. The van der Waals surface area contributed by atoms with Crippen LogP contribution in [-0.2, 0) is 11.2 Å². The molecule has 2 aromatic rings. The zero-order chi connectivity index (χ0) is 16.0. The van der Waals surface area contributed by atoms with Crippen LogP contribution in [0.2, 0.25) is 0 Å². The Morgan fingerprint density at radius 3 is 2.59 bits per heavy atom. The number of hydrogen-bond donors (Lipinski definition) is 2. The smallest absolute Gasteiger partial charge is 0.256 e. The summed E-state index contributed by atoms with van der Waals surface area (Å²) in [6, 6.07) is 3.90. The number of carbonyl (C=O) groups is 1. The van der Waals surface area contributed by atoms with Crippen molar-refractivity contribution < 1.29 is 4.79 Å². The van der Waals surface area contributed by atoms with E-state index < -0.39 is 0 Å². The van der Waals surface area contributed by atoms with Gasteiger partial charge in [0.25, 0.3) is 5.91 Å². The van der Waals surface area contributed by atoms with Crippen LogP contribution in [0.3, 0.4) is 0 Å². The van der Waals surface area contributed by atoms with Crippen molar-refractivity contribution >= 4 is 55.1 Å². The number of H-pyrrole nitrogens is 1. The van der Waals surface area contributed by atoms with Crippen molar-refractivity contribution in [2.45, 2.75) is 27.2 Å². The maximum atomic E-state index is 12.3. The second-order valence-electron chi connectivity index (χ2n) is 5.44. The first-order valence-corrected chi connectivity index (χ1v) is 8.71. The van der Waals surface area contributed by atoms with E-state index in [1.807, 2.05) is 18.2 Å². The Morgan fingerprint density at radius 2 is 1.95 bits per heavy atom. The molecule has 0 spiro atoms. The Morgan fingerprint density at radius 1 is 1.23 bits per heavy atom. The van der Waals surface area contributed by atoms with E-state index >= 15 is 0 Å². The van der Waals surface area contributed by atoms with Crippen LogP contribution >= 0.6 is 31.9 Å². The van der Waals surface area contributed by atoms with E-state index in [0.29, 0.717) is 5.57 Å². The molecule has 0 atom stereocenters. The van der Waals surface area contributed by atoms with Crippen LogP contribution in [-0.4, -0.2) is 10.9 Å². The van der Waals surface area contributed by atoms with Gasteiger partial charge in [-0.25, -0.2) is 0 Å². The van der Waals surface area contributed by atoms with Gasteiger partial charge in [0.05, 0.1) is 11.3 Å². The summed E-state index contributed by atoms with van der Waals surface area (Å²) >= 11 is 6.99. The Hall–Kier alpha value is -1.33. The second kappa shape index (κ2) is 5.70. The number of fused-ring (bicyclic) bond motifs is 1. The van der Waals surface area contributed by atoms with Crippen molar-refractivity contribution in [2.24, 2.45) is 0 Å². The van der Waals surface area contributed by atoms with Gasteiger partial charge in [0, 0.05) is 25.9 Å². The molecule has 1 aliphatic rings. The van der Waals surface area contributed by atoms with E-state index in [1.54, 1.807) is 0 Å². The summed E-state index contributed by atoms with van der Waals surface area (Å²) < 4.78 is 1.82. The number of amides is 1. The van der Waals surface area contributed by atoms with E-state index in [9.17, 15) is 4.79 Å². The fourth-order valence-corrected chi connectivity index (χ4v) is 4.32. The van der Waals surface area contributed by atoms with Crippen LogP contribution in [0.25, 0.3) is 11.6 Å². The SMILES string of the molecule is CCc1c(C)[nH]c(C=C2C(=O)Nc3c(Br)cc(Br)cc32)c1C. The number of aryl methyl sites for hydroxylation is 1. The zero-order valence-electron chi connectivity index (χ0n) is 12.6. The molecule has 0 bridgehead atoms. The van der Waals surface area contributed by atoms with Gasteiger partial charge in [-0.2, -0.15) is 0 Å². The van der Waals surface area contributed by atoms with E-state index in [0.717, 1.165) is 32.3 Å². The molecule has 0 saturated carbocycles. The molecule has 0 aliphatic carbocycles. The molecule has 0 fully saturated rings. The Labute approximate surface area is 146 Å². The zero-order valence-corrected chi connectivity index (χ0v) is 15.8. The number of hydrogen-bond acceptors (Lipinski definition) is 1. The van der Waals surface area contributed by atoms with E-state index in [-0.39, 0.29) is 5.91 Å². The minimum Gasteiger partial charge on any atom is -0.359 e. The quantitative estimate of drug-likeness (QED) is 0.639. The highest BCUT2D eigenvalue weighted by Gasteiger charge is 2.27. The van der Waals surface area contributed by atoms with Crippen LogP contribution in [0.15, 0.2) is 21.1 Å².